The van der Waals surface area contributed by atoms with Gasteiger partial charge in [0.05, 0.1) is 12.2 Å². The number of unbranched alkanes of at least 4 members (excludes halogenated alkanes) is 4. The molecule has 2 fully saturated rings. The van der Waals surface area contributed by atoms with Gasteiger partial charge in [-0.2, -0.15) is 0 Å². The summed E-state index contributed by atoms with van der Waals surface area (Å²) in [6.45, 7) is 4.39. The topological polar surface area (TPSA) is 72.7 Å². The number of hydrogen-bond donors (Lipinski definition) is 4. The standard InChI is InChI=1S/C24H43NO3/c1-2-3-5-10-21(27)11-12-22-23-17-19(16-20(23)18-24(22)28)9-6-4-7-13-25-14-8-15-26/h9,11-12,20-28H,2-8,10,13-18H2,1H3/b12-11+,19-9+/t20-,21-,22+,23-,24+/m0/s1. The van der Waals surface area contributed by atoms with Gasteiger partial charge in [-0.05, 0) is 76.3 Å². The summed E-state index contributed by atoms with van der Waals surface area (Å²) in [5, 5.41) is 32.7. The lowest BCUT2D eigenvalue weighted by Crippen LogP contribution is -2.17. The molecule has 162 valence electrons. The van der Waals surface area contributed by atoms with E-state index in [1.165, 1.54) is 25.7 Å². The maximum atomic E-state index is 10.5. The molecule has 0 radical (unpaired) electrons. The highest BCUT2D eigenvalue weighted by Crippen LogP contribution is 2.50. The van der Waals surface area contributed by atoms with Gasteiger partial charge in [0.25, 0.3) is 0 Å². The molecule has 4 heteroatoms. The van der Waals surface area contributed by atoms with Crippen LogP contribution in [0.5, 0.6) is 0 Å². The lowest BCUT2D eigenvalue weighted by Gasteiger charge is -2.17. The van der Waals surface area contributed by atoms with E-state index in [0.29, 0.717) is 11.8 Å². The minimum atomic E-state index is -0.361. The molecule has 0 spiro atoms. The molecule has 5 atom stereocenters. The predicted molar refractivity (Wildman–Crippen MR) is 116 cm³/mol. The van der Waals surface area contributed by atoms with Crippen LogP contribution in [0.3, 0.4) is 0 Å². The Balaban J connectivity index is 1.70. The molecule has 0 aromatic carbocycles. The van der Waals surface area contributed by atoms with E-state index in [9.17, 15) is 10.2 Å². The molecular weight excluding hydrogens is 350 g/mol. The van der Waals surface area contributed by atoms with Crippen LogP contribution < -0.4 is 5.32 Å². The first-order chi connectivity index (χ1) is 13.7. The molecule has 2 aliphatic carbocycles. The quantitative estimate of drug-likeness (QED) is 0.266. The lowest BCUT2D eigenvalue weighted by molar-refractivity contribution is 0.139. The molecule has 0 saturated heterocycles. The molecule has 0 aromatic rings. The van der Waals surface area contributed by atoms with Gasteiger partial charge in [0.1, 0.15) is 0 Å². The van der Waals surface area contributed by atoms with Gasteiger partial charge >= 0.3 is 0 Å². The fraction of sp³-hybridized carbons (Fsp3) is 0.833. The summed E-state index contributed by atoms with van der Waals surface area (Å²) in [6, 6.07) is 0. The number of aliphatic hydroxyl groups is 3. The largest absolute Gasteiger partial charge is 0.396 e. The maximum Gasteiger partial charge on any atom is 0.0721 e. The molecule has 0 bridgehead atoms. The van der Waals surface area contributed by atoms with E-state index < -0.39 is 0 Å². The van der Waals surface area contributed by atoms with Crippen molar-refractivity contribution in [1.29, 1.82) is 0 Å². The van der Waals surface area contributed by atoms with Gasteiger partial charge in [-0.3, -0.25) is 0 Å². The monoisotopic (exact) mass is 393 g/mol. The molecule has 0 heterocycles. The minimum Gasteiger partial charge on any atom is -0.396 e. The Bertz CT molecular complexity index is 476. The Labute approximate surface area is 172 Å². The number of allylic oxidation sites excluding steroid dienone is 2. The highest BCUT2D eigenvalue weighted by Gasteiger charge is 2.44. The minimum absolute atomic E-state index is 0.215. The van der Waals surface area contributed by atoms with E-state index in [1.54, 1.807) is 5.57 Å². The normalized spacial score (nSPS) is 29.8. The van der Waals surface area contributed by atoms with Crippen LogP contribution in [-0.2, 0) is 0 Å². The molecule has 28 heavy (non-hydrogen) atoms. The molecule has 4 N–H and O–H groups in total. The summed E-state index contributed by atoms with van der Waals surface area (Å²) >= 11 is 0. The van der Waals surface area contributed by atoms with E-state index in [4.69, 9.17) is 5.11 Å². The molecule has 4 nitrogen and oxygen atoms in total. The Morgan fingerprint density at radius 3 is 2.71 bits per heavy atom. The average Bonchev–Trinajstić information content (AvgIpc) is 3.19. The van der Waals surface area contributed by atoms with Crippen molar-refractivity contribution < 1.29 is 15.3 Å². The zero-order valence-electron chi connectivity index (χ0n) is 17.9. The summed E-state index contributed by atoms with van der Waals surface area (Å²) < 4.78 is 0. The van der Waals surface area contributed by atoms with E-state index in [2.05, 4.69) is 24.4 Å². The second-order valence-corrected chi connectivity index (χ2v) is 8.85. The molecule has 2 aliphatic rings. The van der Waals surface area contributed by atoms with Crippen molar-refractivity contribution in [3.8, 4) is 0 Å². The first-order valence-electron chi connectivity index (χ1n) is 11.7. The first-order valence-corrected chi connectivity index (χ1v) is 11.7. The highest BCUT2D eigenvalue weighted by molar-refractivity contribution is 5.17. The van der Waals surface area contributed by atoms with Crippen LogP contribution in [0.25, 0.3) is 0 Å². The van der Waals surface area contributed by atoms with Crippen LogP contribution in [0.2, 0.25) is 0 Å². The number of hydrogen-bond acceptors (Lipinski definition) is 4. The third-order valence-electron chi connectivity index (χ3n) is 6.52. The van der Waals surface area contributed by atoms with Crippen LogP contribution in [0.4, 0.5) is 0 Å². The van der Waals surface area contributed by atoms with E-state index in [1.807, 2.05) is 6.08 Å². The Morgan fingerprint density at radius 2 is 1.93 bits per heavy atom. The van der Waals surface area contributed by atoms with Crippen LogP contribution in [0.1, 0.15) is 77.6 Å². The van der Waals surface area contributed by atoms with Gasteiger partial charge in [-0.1, -0.05) is 50.0 Å². The maximum absolute atomic E-state index is 10.5. The summed E-state index contributed by atoms with van der Waals surface area (Å²) in [6.07, 6.45) is 17.7. The highest BCUT2D eigenvalue weighted by atomic mass is 16.3. The molecule has 2 rings (SSSR count). The predicted octanol–water partition coefficient (Wildman–Crippen LogP) is 3.96. The van der Waals surface area contributed by atoms with Crippen molar-refractivity contribution in [2.24, 2.45) is 17.8 Å². The lowest BCUT2D eigenvalue weighted by atomic mass is 9.90. The van der Waals surface area contributed by atoms with Gasteiger partial charge in [-0.25, -0.2) is 0 Å². The molecule has 0 aliphatic heterocycles. The Morgan fingerprint density at radius 1 is 1.11 bits per heavy atom. The van der Waals surface area contributed by atoms with Gasteiger partial charge < -0.3 is 20.6 Å². The number of aliphatic hydroxyl groups excluding tert-OH is 3. The molecule has 0 aromatic heterocycles. The summed E-state index contributed by atoms with van der Waals surface area (Å²) in [5.74, 6) is 1.39. The molecule has 0 amide bonds. The van der Waals surface area contributed by atoms with Gasteiger partial charge in [0.15, 0.2) is 0 Å². The second-order valence-electron chi connectivity index (χ2n) is 8.85. The van der Waals surface area contributed by atoms with Crippen LogP contribution in [0.15, 0.2) is 23.8 Å². The van der Waals surface area contributed by atoms with Crippen molar-refractivity contribution in [1.82, 2.24) is 5.32 Å². The Hall–Kier alpha value is -0.680. The van der Waals surface area contributed by atoms with Gasteiger partial charge in [0.2, 0.25) is 0 Å². The average molecular weight is 394 g/mol. The second kappa shape index (κ2) is 13.5. The third-order valence-corrected chi connectivity index (χ3v) is 6.52. The van der Waals surface area contributed by atoms with Crippen LogP contribution in [0, 0.1) is 17.8 Å². The van der Waals surface area contributed by atoms with Crippen molar-refractivity contribution in [2.45, 2.75) is 89.8 Å². The number of rotatable bonds is 14. The molecular formula is C24H43NO3. The van der Waals surface area contributed by atoms with Crippen LogP contribution >= 0.6 is 0 Å². The van der Waals surface area contributed by atoms with Crippen molar-refractivity contribution in [3.63, 3.8) is 0 Å². The summed E-state index contributed by atoms with van der Waals surface area (Å²) in [4.78, 5) is 0. The van der Waals surface area contributed by atoms with Gasteiger partial charge in [-0.15, -0.1) is 0 Å². The zero-order chi connectivity index (χ0) is 20.2. The van der Waals surface area contributed by atoms with E-state index in [-0.39, 0.29) is 24.7 Å². The van der Waals surface area contributed by atoms with Crippen molar-refractivity contribution >= 4 is 0 Å². The fourth-order valence-electron chi connectivity index (χ4n) is 4.93. The zero-order valence-corrected chi connectivity index (χ0v) is 17.9. The van der Waals surface area contributed by atoms with Crippen molar-refractivity contribution in [2.75, 3.05) is 19.7 Å². The SMILES string of the molecule is CCCCC[C@H](O)/C=C/[C@@H]1[C@H]2C/C(=C/CCCCNCCCO)C[C@H]2C[C@H]1O. The van der Waals surface area contributed by atoms with E-state index in [0.717, 1.165) is 58.0 Å². The van der Waals surface area contributed by atoms with Gasteiger partial charge in [0, 0.05) is 12.5 Å². The first kappa shape index (κ1) is 23.6. The van der Waals surface area contributed by atoms with Crippen molar-refractivity contribution in [3.05, 3.63) is 23.8 Å². The smallest absolute Gasteiger partial charge is 0.0721 e. The molecule has 2 saturated carbocycles. The molecule has 0 unspecified atom stereocenters. The Kier molecular flexibility index (Phi) is 11.4. The summed E-state index contributed by atoms with van der Waals surface area (Å²) in [7, 11) is 0. The number of nitrogens with one attached hydrogen (secondary N) is 1. The summed E-state index contributed by atoms with van der Waals surface area (Å²) in [5.41, 5.74) is 1.58. The van der Waals surface area contributed by atoms with E-state index >= 15 is 0 Å². The fourth-order valence-corrected chi connectivity index (χ4v) is 4.93. The van der Waals surface area contributed by atoms with Crippen LogP contribution in [-0.4, -0.2) is 47.2 Å². The third kappa shape index (κ3) is 7.98. The number of fused-ring (bicyclic) bond motifs is 1.